The van der Waals surface area contributed by atoms with Crippen LogP contribution in [0.3, 0.4) is 0 Å². The maximum Gasteiger partial charge on any atom is 0.210 e. The number of aryl methyl sites for hydroxylation is 1. The fraction of sp³-hybridized carbons (Fsp3) is 0.450. The fourth-order valence-corrected chi connectivity index (χ4v) is 3.85. The maximum atomic E-state index is 6.25. The van der Waals surface area contributed by atoms with Crippen LogP contribution in [0.4, 0.5) is 0 Å². The van der Waals surface area contributed by atoms with E-state index in [1.807, 2.05) is 24.7 Å². The van der Waals surface area contributed by atoms with Gasteiger partial charge in [0.2, 0.25) is 5.88 Å². The van der Waals surface area contributed by atoms with Crippen molar-refractivity contribution in [1.82, 2.24) is 25.7 Å². The minimum atomic E-state index is 0.400. The molecule has 1 aromatic heterocycles. The fourth-order valence-electron chi connectivity index (χ4n) is 3.85. The predicted octanol–water partition coefficient (Wildman–Crippen LogP) is 1.53. The smallest absolute Gasteiger partial charge is 0.210 e. The summed E-state index contributed by atoms with van der Waals surface area (Å²) in [5.74, 6) is 0.902. The molecule has 7 heteroatoms. The van der Waals surface area contributed by atoms with E-state index in [9.17, 15) is 0 Å². The van der Waals surface area contributed by atoms with Crippen molar-refractivity contribution in [2.45, 2.75) is 32.2 Å². The maximum absolute atomic E-state index is 6.25. The third-order valence-electron chi connectivity index (χ3n) is 5.34. The summed E-state index contributed by atoms with van der Waals surface area (Å²) in [6.07, 6.45) is 12.1. The molecule has 4 heterocycles. The Morgan fingerprint density at radius 2 is 2.26 bits per heavy atom. The van der Waals surface area contributed by atoms with Crippen molar-refractivity contribution in [2.75, 3.05) is 19.7 Å². The van der Waals surface area contributed by atoms with E-state index in [1.54, 1.807) is 0 Å². The van der Waals surface area contributed by atoms with Gasteiger partial charge in [-0.15, -0.1) is 0 Å². The third kappa shape index (κ3) is 3.88. The van der Waals surface area contributed by atoms with Crippen molar-refractivity contribution >= 4 is 5.57 Å². The molecule has 3 aliphatic rings. The molecule has 0 unspecified atom stereocenters. The van der Waals surface area contributed by atoms with Gasteiger partial charge in [0.25, 0.3) is 0 Å². The normalized spacial score (nSPS) is 24.9. The molecule has 7 nitrogen and oxygen atoms in total. The third-order valence-corrected chi connectivity index (χ3v) is 5.34. The standard InChI is InChI=1S/C20H28N6O/c1-14(16-12-25-26-9-3-5-18(16)26)10-17-19(24-8-7-23-17)20(21)27-13-15-4-2-6-22-11-15/h7-8,10,12,15,22-24H,1-6,9,11,13,21H2/b17-10+,20-19-/t15-/m0/s1. The second-order valence-electron chi connectivity index (χ2n) is 7.30. The van der Waals surface area contributed by atoms with Gasteiger partial charge in [0.05, 0.1) is 18.5 Å². The second-order valence-corrected chi connectivity index (χ2v) is 7.30. The van der Waals surface area contributed by atoms with Crippen LogP contribution < -0.4 is 21.7 Å². The average molecular weight is 368 g/mol. The van der Waals surface area contributed by atoms with Gasteiger partial charge in [-0.25, -0.2) is 0 Å². The Labute approximate surface area is 160 Å². The van der Waals surface area contributed by atoms with Crippen LogP contribution in [-0.2, 0) is 17.7 Å². The van der Waals surface area contributed by atoms with Gasteiger partial charge in [-0.05, 0) is 43.9 Å². The zero-order valence-corrected chi connectivity index (χ0v) is 15.6. The summed E-state index contributed by atoms with van der Waals surface area (Å²) in [5.41, 5.74) is 11.1. The van der Waals surface area contributed by atoms with E-state index in [2.05, 4.69) is 32.3 Å². The summed E-state index contributed by atoms with van der Waals surface area (Å²) in [6, 6.07) is 0. The molecule has 0 bridgehead atoms. The zero-order chi connectivity index (χ0) is 18.6. The number of rotatable bonds is 5. The first-order valence-electron chi connectivity index (χ1n) is 9.70. The van der Waals surface area contributed by atoms with Gasteiger partial charge in [0.15, 0.2) is 0 Å². The van der Waals surface area contributed by atoms with Gasteiger partial charge >= 0.3 is 0 Å². The van der Waals surface area contributed by atoms with E-state index in [1.165, 1.54) is 18.5 Å². The van der Waals surface area contributed by atoms with Crippen LogP contribution in [-0.4, -0.2) is 29.5 Å². The van der Waals surface area contributed by atoms with Crippen molar-refractivity contribution in [3.63, 3.8) is 0 Å². The van der Waals surface area contributed by atoms with Gasteiger partial charge < -0.3 is 26.4 Å². The second kappa shape index (κ2) is 7.92. The van der Waals surface area contributed by atoms with Crippen molar-refractivity contribution < 1.29 is 4.74 Å². The van der Waals surface area contributed by atoms with E-state index in [-0.39, 0.29) is 0 Å². The highest BCUT2D eigenvalue weighted by Crippen LogP contribution is 2.26. The average Bonchev–Trinajstić information content (AvgIpc) is 3.31. The van der Waals surface area contributed by atoms with Crippen LogP contribution >= 0.6 is 0 Å². The number of nitrogens with two attached hydrogens (primary N) is 1. The van der Waals surface area contributed by atoms with Crippen LogP contribution in [0.2, 0.25) is 0 Å². The van der Waals surface area contributed by atoms with Gasteiger partial charge in [0, 0.05) is 42.7 Å². The first-order valence-corrected chi connectivity index (χ1v) is 9.70. The largest absolute Gasteiger partial charge is 0.477 e. The van der Waals surface area contributed by atoms with Crippen LogP contribution in [0.1, 0.15) is 30.5 Å². The monoisotopic (exact) mass is 368 g/mol. The van der Waals surface area contributed by atoms with Gasteiger partial charge in [-0.2, -0.15) is 5.10 Å². The molecule has 1 fully saturated rings. The summed E-state index contributed by atoms with van der Waals surface area (Å²) in [4.78, 5) is 0. The molecule has 3 aliphatic heterocycles. The van der Waals surface area contributed by atoms with E-state index < -0.39 is 0 Å². The molecule has 1 aromatic rings. The molecular formula is C20H28N6O. The predicted molar refractivity (Wildman–Crippen MR) is 106 cm³/mol. The minimum Gasteiger partial charge on any atom is -0.477 e. The molecule has 0 aromatic carbocycles. The van der Waals surface area contributed by atoms with Gasteiger partial charge in [-0.3, -0.25) is 4.68 Å². The topological polar surface area (TPSA) is 89.2 Å². The lowest BCUT2D eigenvalue weighted by molar-refractivity contribution is 0.143. The lowest BCUT2D eigenvalue weighted by Crippen LogP contribution is -2.33. The van der Waals surface area contributed by atoms with Gasteiger partial charge in [0.1, 0.15) is 5.70 Å². The highest BCUT2D eigenvalue weighted by atomic mass is 16.5. The molecule has 27 heavy (non-hydrogen) atoms. The van der Waals surface area contributed by atoms with Crippen molar-refractivity contribution in [2.24, 2.45) is 11.7 Å². The number of fused-ring (bicyclic) bond motifs is 1. The van der Waals surface area contributed by atoms with E-state index in [0.717, 1.165) is 55.0 Å². The lowest BCUT2D eigenvalue weighted by atomic mass is 10.0. The highest BCUT2D eigenvalue weighted by molar-refractivity contribution is 5.75. The molecule has 144 valence electrons. The number of allylic oxidation sites excluding steroid dienone is 2. The quantitative estimate of drug-likeness (QED) is 0.590. The summed E-state index contributed by atoms with van der Waals surface area (Å²) in [7, 11) is 0. The summed E-state index contributed by atoms with van der Waals surface area (Å²) in [5, 5.41) is 14.3. The molecule has 0 radical (unpaired) electrons. The Hall–Kier alpha value is -2.67. The molecule has 0 aliphatic carbocycles. The Balaban J connectivity index is 1.50. The molecule has 4 rings (SSSR count). The number of hydrogen-bond acceptors (Lipinski definition) is 6. The van der Waals surface area contributed by atoms with Crippen LogP contribution in [0.15, 0.2) is 48.5 Å². The summed E-state index contributed by atoms with van der Waals surface area (Å²) < 4.78 is 7.96. The van der Waals surface area contributed by atoms with Gasteiger partial charge in [-0.1, -0.05) is 6.58 Å². The Kier molecular flexibility index (Phi) is 5.20. The van der Waals surface area contributed by atoms with Crippen molar-refractivity contribution in [3.8, 4) is 0 Å². The first kappa shape index (κ1) is 17.7. The van der Waals surface area contributed by atoms with Crippen LogP contribution in [0.5, 0.6) is 0 Å². The zero-order valence-electron chi connectivity index (χ0n) is 15.6. The molecule has 0 spiro atoms. The SMILES string of the molecule is C=C(/C=C1/NC=CN/C1=C(/N)OC[C@H]1CCCNC1)c1cnn2c1CCC2. The van der Waals surface area contributed by atoms with E-state index in [4.69, 9.17) is 10.5 Å². The first-order chi connectivity index (χ1) is 13.2. The molecule has 5 N–H and O–H groups in total. The summed E-state index contributed by atoms with van der Waals surface area (Å²) in [6.45, 7) is 7.94. The lowest BCUT2D eigenvalue weighted by Gasteiger charge is -2.24. The number of aromatic nitrogens is 2. The number of piperidine rings is 1. The Morgan fingerprint density at radius 3 is 3.11 bits per heavy atom. The number of ether oxygens (including phenoxy) is 1. The molecule has 0 saturated carbocycles. The van der Waals surface area contributed by atoms with Crippen LogP contribution in [0.25, 0.3) is 5.57 Å². The van der Waals surface area contributed by atoms with E-state index in [0.29, 0.717) is 18.4 Å². The van der Waals surface area contributed by atoms with Crippen molar-refractivity contribution in [3.05, 3.63) is 59.8 Å². The highest BCUT2D eigenvalue weighted by Gasteiger charge is 2.20. The molecule has 1 atom stereocenters. The Morgan fingerprint density at radius 1 is 1.37 bits per heavy atom. The number of hydrogen-bond donors (Lipinski definition) is 4. The van der Waals surface area contributed by atoms with E-state index >= 15 is 0 Å². The molecule has 1 saturated heterocycles. The van der Waals surface area contributed by atoms with Crippen molar-refractivity contribution in [1.29, 1.82) is 0 Å². The molecule has 0 amide bonds. The molecular weight excluding hydrogens is 340 g/mol. The Bertz CT molecular complexity index is 797. The minimum absolute atomic E-state index is 0.400. The number of nitrogens with one attached hydrogen (secondary N) is 3. The number of nitrogens with zero attached hydrogens (tertiary/aromatic N) is 2. The summed E-state index contributed by atoms with van der Waals surface area (Å²) >= 11 is 0. The van der Waals surface area contributed by atoms with Crippen LogP contribution in [0, 0.1) is 5.92 Å².